The lowest BCUT2D eigenvalue weighted by molar-refractivity contribution is -0.147. The van der Waals surface area contributed by atoms with Crippen molar-refractivity contribution >= 4 is 11.6 Å². The zero-order valence-electron chi connectivity index (χ0n) is 8.51. The smallest absolute Gasteiger partial charge is 0.403 e. The lowest BCUT2D eigenvalue weighted by Crippen LogP contribution is -2.39. The lowest BCUT2D eigenvalue weighted by Gasteiger charge is -2.15. The van der Waals surface area contributed by atoms with Crippen LogP contribution >= 0.6 is 11.6 Å². The second-order valence-corrected chi connectivity index (χ2v) is 3.73. The summed E-state index contributed by atoms with van der Waals surface area (Å²) in [7, 11) is 1.43. The zero-order chi connectivity index (χ0) is 12.3. The number of hydrogen-bond acceptors (Lipinski definition) is 2. The summed E-state index contributed by atoms with van der Waals surface area (Å²) in [5, 5.41) is 0.273. The topological polar surface area (TPSA) is 35.2 Å². The van der Waals surface area contributed by atoms with E-state index in [0.29, 0.717) is 11.3 Å². The predicted molar refractivity (Wildman–Crippen MR) is 55.7 cm³/mol. The van der Waals surface area contributed by atoms with Crippen LogP contribution in [0.3, 0.4) is 0 Å². The fraction of sp³-hybridized carbons (Fsp3) is 0.400. The van der Waals surface area contributed by atoms with Gasteiger partial charge >= 0.3 is 6.18 Å². The summed E-state index contributed by atoms with van der Waals surface area (Å²) in [6.07, 6.45) is -4.69. The Morgan fingerprint density at radius 1 is 1.44 bits per heavy atom. The SMILES string of the molecule is COc1ccc(CC(N)C(F)(F)F)cc1Cl. The third kappa shape index (κ3) is 3.28. The van der Waals surface area contributed by atoms with Crippen molar-refractivity contribution in [3.63, 3.8) is 0 Å². The lowest BCUT2D eigenvalue weighted by atomic mass is 10.1. The van der Waals surface area contributed by atoms with Crippen molar-refractivity contribution in [1.82, 2.24) is 0 Å². The number of nitrogens with two attached hydrogens (primary N) is 1. The molecule has 0 aromatic heterocycles. The van der Waals surface area contributed by atoms with Crippen LogP contribution in [0, 0.1) is 0 Å². The number of ether oxygens (including phenoxy) is 1. The van der Waals surface area contributed by atoms with Crippen LogP contribution in [0.5, 0.6) is 5.75 Å². The van der Waals surface area contributed by atoms with Crippen LogP contribution < -0.4 is 10.5 Å². The fourth-order valence-corrected chi connectivity index (χ4v) is 1.49. The number of rotatable bonds is 3. The second-order valence-electron chi connectivity index (χ2n) is 3.32. The average molecular weight is 254 g/mol. The van der Waals surface area contributed by atoms with Gasteiger partial charge in [-0.25, -0.2) is 0 Å². The molecule has 2 N–H and O–H groups in total. The molecule has 0 radical (unpaired) electrons. The quantitative estimate of drug-likeness (QED) is 0.899. The van der Waals surface area contributed by atoms with E-state index in [1.54, 1.807) is 0 Å². The Morgan fingerprint density at radius 3 is 2.50 bits per heavy atom. The molecule has 0 saturated heterocycles. The number of benzene rings is 1. The number of hydrogen-bond donors (Lipinski definition) is 1. The summed E-state index contributed by atoms with van der Waals surface area (Å²) in [6, 6.07) is 2.57. The van der Waals surface area contributed by atoms with E-state index in [4.69, 9.17) is 22.1 Å². The van der Waals surface area contributed by atoms with Crippen molar-refractivity contribution < 1.29 is 17.9 Å². The van der Waals surface area contributed by atoms with Gasteiger partial charge in [0.05, 0.1) is 12.1 Å². The Hall–Kier alpha value is -0.940. The van der Waals surface area contributed by atoms with Gasteiger partial charge in [0.25, 0.3) is 0 Å². The molecule has 1 aromatic rings. The number of halogens is 4. The standard InChI is InChI=1S/C10H11ClF3NO/c1-16-8-3-2-6(4-7(8)11)5-9(15)10(12,13)14/h2-4,9H,5,15H2,1H3. The second kappa shape index (κ2) is 4.93. The van der Waals surface area contributed by atoms with E-state index in [1.807, 2.05) is 0 Å². The van der Waals surface area contributed by atoms with Gasteiger partial charge < -0.3 is 10.5 Å². The van der Waals surface area contributed by atoms with Gasteiger partial charge in [-0.2, -0.15) is 13.2 Å². The third-order valence-electron chi connectivity index (χ3n) is 2.09. The molecule has 1 unspecified atom stereocenters. The van der Waals surface area contributed by atoms with Gasteiger partial charge in [-0.1, -0.05) is 17.7 Å². The molecule has 1 aromatic carbocycles. The maximum Gasteiger partial charge on any atom is 0.403 e. The molecule has 90 valence electrons. The first-order valence-corrected chi connectivity index (χ1v) is 4.87. The van der Waals surface area contributed by atoms with Gasteiger partial charge in [0, 0.05) is 0 Å². The first-order valence-electron chi connectivity index (χ1n) is 4.49. The Labute approximate surface area is 96.1 Å². The number of methoxy groups -OCH3 is 1. The van der Waals surface area contributed by atoms with Crippen LogP contribution in [0.1, 0.15) is 5.56 Å². The Bertz CT molecular complexity index is 368. The van der Waals surface area contributed by atoms with Crippen LogP contribution in [0.2, 0.25) is 5.02 Å². The average Bonchev–Trinajstić information content (AvgIpc) is 2.16. The van der Waals surface area contributed by atoms with Crippen molar-refractivity contribution in [3.05, 3.63) is 28.8 Å². The van der Waals surface area contributed by atoms with E-state index in [2.05, 4.69) is 0 Å². The highest BCUT2D eigenvalue weighted by Crippen LogP contribution is 2.27. The van der Waals surface area contributed by atoms with E-state index in [9.17, 15) is 13.2 Å². The molecule has 2 nitrogen and oxygen atoms in total. The van der Waals surface area contributed by atoms with E-state index in [-0.39, 0.29) is 11.4 Å². The minimum atomic E-state index is -4.40. The summed E-state index contributed by atoms with van der Waals surface area (Å²) in [5.41, 5.74) is 5.43. The largest absolute Gasteiger partial charge is 0.495 e. The van der Waals surface area contributed by atoms with Gasteiger partial charge in [-0.05, 0) is 24.1 Å². The van der Waals surface area contributed by atoms with Crippen LogP contribution in [-0.2, 0) is 6.42 Å². The van der Waals surface area contributed by atoms with Crippen LogP contribution in [0.25, 0.3) is 0 Å². The van der Waals surface area contributed by atoms with Gasteiger partial charge in [-0.15, -0.1) is 0 Å². The van der Waals surface area contributed by atoms with Crippen LogP contribution in [0.15, 0.2) is 18.2 Å². The van der Waals surface area contributed by atoms with Crippen LogP contribution in [0.4, 0.5) is 13.2 Å². The minimum Gasteiger partial charge on any atom is -0.495 e. The summed E-state index contributed by atoms with van der Waals surface area (Å²) < 4.78 is 41.5. The third-order valence-corrected chi connectivity index (χ3v) is 2.39. The molecule has 0 amide bonds. The molecule has 0 heterocycles. The molecule has 1 rings (SSSR count). The zero-order valence-corrected chi connectivity index (χ0v) is 9.27. The van der Waals surface area contributed by atoms with E-state index >= 15 is 0 Å². The molecular formula is C10H11ClF3NO. The Balaban J connectivity index is 2.79. The Morgan fingerprint density at radius 2 is 2.06 bits per heavy atom. The fourth-order valence-electron chi connectivity index (χ4n) is 1.21. The number of alkyl halides is 3. The molecule has 1 atom stereocenters. The first-order chi connectivity index (χ1) is 7.34. The minimum absolute atomic E-state index is 0.273. The Kier molecular flexibility index (Phi) is 4.04. The van der Waals surface area contributed by atoms with Gasteiger partial charge in [0.15, 0.2) is 0 Å². The maximum atomic E-state index is 12.2. The summed E-state index contributed by atoms with van der Waals surface area (Å²) in [6.45, 7) is 0. The van der Waals surface area contributed by atoms with E-state index in [0.717, 1.165) is 0 Å². The van der Waals surface area contributed by atoms with Crippen molar-refractivity contribution in [1.29, 1.82) is 0 Å². The highest BCUT2D eigenvalue weighted by molar-refractivity contribution is 6.32. The van der Waals surface area contributed by atoms with Gasteiger partial charge in [-0.3, -0.25) is 0 Å². The van der Waals surface area contributed by atoms with Gasteiger partial charge in [0.1, 0.15) is 11.8 Å². The molecule has 0 aliphatic carbocycles. The summed E-state index contributed by atoms with van der Waals surface area (Å²) in [5.74, 6) is 0.422. The molecule has 16 heavy (non-hydrogen) atoms. The van der Waals surface area contributed by atoms with Crippen LogP contribution in [-0.4, -0.2) is 19.3 Å². The summed E-state index contributed by atoms with van der Waals surface area (Å²) in [4.78, 5) is 0. The highest BCUT2D eigenvalue weighted by Gasteiger charge is 2.36. The van der Waals surface area contributed by atoms with Crippen molar-refractivity contribution in [2.24, 2.45) is 5.73 Å². The monoisotopic (exact) mass is 253 g/mol. The molecule has 0 saturated carbocycles. The molecule has 0 bridgehead atoms. The van der Waals surface area contributed by atoms with Crippen molar-refractivity contribution in [3.8, 4) is 5.75 Å². The van der Waals surface area contributed by atoms with E-state index in [1.165, 1.54) is 25.3 Å². The molecular weight excluding hydrogens is 243 g/mol. The summed E-state index contributed by atoms with van der Waals surface area (Å²) >= 11 is 5.78. The molecule has 0 spiro atoms. The highest BCUT2D eigenvalue weighted by atomic mass is 35.5. The first kappa shape index (κ1) is 13.1. The van der Waals surface area contributed by atoms with Gasteiger partial charge in [0.2, 0.25) is 0 Å². The molecule has 0 aliphatic rings. The normalized spacial score (nSPS) is 13.6. The molecule has 0 fully saturated rings. The van der Waals surface area contributed by atoms with Crippen molar-refractivity contribution in [2.45, 2.75) is 18.6 Å². The predicted octanol–water partition coefficient (Wildman–Crippen LogP) is 2.78. The molecule has 6 heteroatoms. The van der Waals surface area contributed by atoms with Crippen molar-refractivity contribution in [2.75, 3.05) is 7.11 Å². The van der Waals surface area contributed by atoms with E-state index < -0.39 is 12.2 Å². The maximum absolute atomic E-state index is 12.2. The molecule has 0 aliphatic heterocycles.